The Balaban J connectivity index is 1.51. The molecule has 122 valence electrons. The van der Waals surface area contributed by atoms with Crippen molar-refractivity contribution in [3.63, 3.8) is 0 Å². The van der Waals surface area contributed by atoms with E-state index in [0.29, 0.717) is 6.54 Å². The maximum absolute atomic E-state index is 11.9. The lowest BCUT2D eigenvalue weighted by molar-refractivity contribution is 0.0348. The fourth-order valence-electron chi connectivity index (χ4n) is 2.86. The molecule has 1 amide bonds. The minimum atomic E-state index is -0.590. The summed E-state index contributed by atoms with van der Waals surface area (Å²) in [5.41, 5.74) is 1.17. The fraction of sp³-hybridized carbons (Fsp3) is 0.412. The predicted octanol–water partition coefficient (Wildman–Crippen LogP) is 1.67. The van der Waals surface area contributed by atoms with Gasteiger partial charge in [-0.15, -0.1) is 0 Å². The van der Waals surface area contributed by atoms with E-state index in [1.807, 2.05) is 31.2 Å². The number of hydrogen-bond donors (Lipinski definition) is 3. The number of aliphatic hydroxyl groups excluding tert-OH is 1. The van der Waals surface area contributed by atoms with Gasteiger partial charge in [-0.1, -0.05) is 17.7 Å². The number of imidazole rings is 1. The van der Waals surface area contributed by atoms with Gasteiger partial charge >= 0.3 is 0 Å². The molecular weight excluding hydrogens is 294 g/mol. The summed E-state index contributed by atoms with van der Waals surface area (Å²) in [6.45, 7) is 2.43. The Morgan fingerprint density at radius 1 is 1.39 bits per heavy atom. The van der Waals surface area contributed by atoms with Crippen LogP contribution in [0.5, 0.6) is 5.75 Å². The normalized spacial score (nSPS) is 23.7. The quantitative estimate of drug-likeness (QED) is 0.783. The second kappa shape index (κ2) is 6.83. The summed E-state index contributed by atoms with van der Waals surface area (Å²) in [5.74, 6) is 0.777. The molecule has 6 nitrogen and oxygen atoms in total. The van der Waals surface area contributed by atoms with E-state index in [0.717, 1.165) is 18.6 Å². The van der Waals surface area contributed by atoms with Crippen LogP contribution in [0.1, 0.15) is 29.0 Å². The molecule has 3 N–H and O–H groups in total. The van der Waals surface area contributed by atoms with E-state index in [2.05, 4.69) is 15.3 Å². The number of amides is 1. The first-order valence-electron chi connectivity index (χ1n) is 7.82. The Kier molecular flexibility index (Phi) is 4.62. The van der Waals surface area contributed by atoms with Crippen LogP contribution < -0.4 is 10.1 Å². The van der Waals surface area contributed by atoms with Crippen LogP contribution in [-0.2, 0) is 0 Å². The molecule has 6 heteroatoms. The van der Waals surface area contributed by atoms with E-state index >= 15 is 0 Å². The van der Waals surface area contributed by atoms with Crippen molar-refractivity contribution in [2.75, 3.05) is 6.54 Å². The molecule has 1 aliphatic rings. The molecule has 1 aromatic heterocycles. The van der Waals surface area contributed by atoms with Gasteiger partial charge in [0, 0.05) is 24.9 Å². The molecule has 1 saturated carbocycles. The average molecular weight is 315 g/mol. The maximum atomic E-state index is 11.9. The first kappa shape index (κ1) is 15.6. The van der Waals surface area contributed by atoms with Crippen LogP contribution in [0.25, 0.3) is 0 Å². The number of aryl methyl sites for hydroxylation is 1. The highest BCUT2D eigenvalue weighted by Gasteiger charge is 2.36. The molecule has 1 aromatic carbocycles. The SMILES string of the molecule is Cc1ccc(O[C@@H]2CC[C@H](CNC(=O)c3ncc[nH]3)[C@H]2O)cc1. The van der Waals surface area contributed by atoms with E-state index in [4.69, 9.17) is 4.74 Å². The number of aromatic nitrogens is 2. The molecule has 3 rings (SSSR count). The third-order valence-electron chi connectivity index (χ3n) is 4.23. The summed E-state index contributed by atoms with van der Waals surface area (Å²) in [5, 5.41) is 13.2. The van der Waals surface area contributed by atoms with Crippen molar-refractivity contribution in [3.8, 4) is 5.75 Å². The van der Waals surface area contributed by atoms with Gasteiger partial charge in [0.05, 0.1) is 6.10 Å². The number of hydrogen-bond acceptors (Lipinski definition) is 4. The predicted molar refractivity (Wildman–Crippen MR) is 85.2 cm³/mol. The summed E-state index contributed by atoms with van der Waals surface area (Å²) in [6.07, 6.45) is 3.90. The fourth-order valence-corrected chi connectivity index (χ4v) is 2.86. The summed E-state index contributed by atoms with van der Waals surface area (Å²) in [7, 11) is 0. The van der Waals surface area contributed by atoms with Crippen molar-refractivity contribution in [2.45, 2.75) is 32.0 Å². The molecule has 0 radical (unpaired) electrons. The largest absolute Gasteiger partial charge is 0.488 e. The van der Waals surface area contributed by atoms with Gasteiger partial charge in [0.15, 0.2) is 5.82 Å². The molecule has 0 saturated heterocycles. The van der Waals surface area contributed by atoms with E-state index in [1.165, 1.54) is 11.8 Å². The molecule has 1 aliphatic carbocycles. The van der Waals surface area contributed by atoms with Crippen molar-refractivity contribution in [1.29, 1.82) is 0 Å². The third-order valence-corrected chi connectivity index (χ3v) is 4.23. The van der Waals surface area contributed by atoms with Crippen LogP contribution >= 0.6 is 0 Å². The lowest BCUT2D eigenvalue weighted by Crippen LogP contribution is -2.37. The molecular formula is C17H21N3O3. The van der Waals surface area contributed by atoms with E-state index in [9.17, 15) is 9.90 Å². The van der Waals surface area contributed by atoms with E-state index in [-0.39, 0.29) is 23.8 Å². The van der Waals surface area contributed by atoms with Gasteiger partial charge in [-0.05, 0) is 31.9 Å². The number of carbonyl (C=O) groups is 1. The van der Waals surface area contributed by atoms with Crippen LogP contribution in [0.4, 0.5) is 0 Å². The number of rotatable bonds is 5. The second-order valence-electron chi connectivity index (χ2n) is 5.95. The van der Waals surface area contributed by atoms with Crippen LogP contribution in [0, 0.1) is 12.8 Å². The molecule has 23 heavy (non-hydrogen) atoms. The Bertz CT molecular complexity index is 640. The van der Waals surface area contributed by atoms with Gasteiger partial charge in [0.1, 0.15) is 11.9 Å². The van der Waals surface area contributed by atoms with Crippen molar-refractivity contribution in [1.82, 2.24) is 15.3 Å². The molecule has 0 bridgehead atoms. The molecule has 1 fully saturated rings. The molecule has 3 atom stereocenters. The Hall–Kier alpha value is -2.34. The van der Waals surface area contributed by atoms with Gasteiger partial charge < -0.3 is 20.1 Å². The average Bonchev–Trinajstić information content (AvgIpc) is 3.19. The summed E-state index contributed by atoms with van der Waals surface area (Å²) in [4.78, 5) is 18.5. The molecule has 2 aromatic rings. The van der Waals surface area contributed by atoms with E-state index in [1.54, 1.807) is 6.20 Å². The molecule has 0 unspecified atom stereocenters. The van der Waals surface area contributed by atoms with Crippen molar-refractivity contribution >= 4 is 5.91 Å². The van der Waals surface area contributed by atoms with Gasteiger partial charge in [-0.25, -0.2) is 4.98 Å². The van der Waals surface area contributed by atoms with Crippen molar-refractivity contribution < 1.29 is 14.6 Å². The topological polar surface area (TPSA) is 87.2 Å². The minimum Gasteiger partial charge on any atom is -0.488 e. The third kappa shape index (κ3) is 3.71. The maximum Gasteiger partial charge on any atom is 0.287 e. The Morgan fingerprint density at radius 3 is 2.87 bits per heavy atom. The smallest absolute Gasteiger partial charge is 0.287 e. The summed E-state index contributed by atoms with van der Waals surface area (Å²) >= 11 is 0. The van der Waals surface area contributed by atoms with Crippen molar-refractivity contribution in [3.05, 3.63) is 48.0 Å². The van der Waals surface area contributed by atoms with Gasteiger partial charge in [-0.3, -0.25) is 4.79 Å². The number of ether oxygens (including phenoxy) is 1. The number of aromatic amines is 1. The van der Waals surface area contributed by atoms with Crippen LogP contribution in [0.2, 0.25) is 0 Å². The number of nitrogens with one attached hydrogen (secondary N) is 2. The highest BCUT2D eigenvalue weighted by molar-refractivity contribution is 5.90. The zero-order chi connectivity index (χ0) is 16.2. The number of aliphatic hydroxyl groups is 1. The lowest BCUT2D eigenvalue weighted by atomic mass is 10.1. The van der Waals surface area contributed by atoms with Gasteiger partial charge in [0.25, 0.3) is 5.91 Å². The highest BCUT2D eigenvalue weighted by Crippen LogP contribution is 2.29. The number of H-pyrrole nitrogens is 1. The van der Waals surface area contributed by atoms with Gasteiger partial charge in [0.2, 0.25) is 0 Å². The molecule has 0 aliphatic heterocycles. The minimum absolute atomic E-state index is 0.00985. The van der Waals surface area contributed by atoms with Crippen LogP contribution in [-0.4, -0.2) is 39.7 Å². The van der Waals surface area contributed by atoms with E-state index < -0.39 is 6.10 Å². The highest BCUT2D eigenvalue weighted by atomic mass is 16.5. The van der Waals surface area contributed by atoms with Gasteiger partial charge in [-0.2, -0.15) is 0 Å². The number of nitrogens with zero attached hydrogens (tertiary/aromatic N) is 1. The van der Waals surface area contributed by atoms with Crippen molar-refractivity contribution in [2.24, 2.45) is 5.92 Å². The van der Waals surface area contributed by atoms with Crippen LogP contribution in [0.3, 0.4) is 0 Å². The second-order valence-corrected chi connectivity index (χ2v) is 5.95. The monoisotopic (exact) mass is 315 g/mol. The standard InChI is InChI=1S/C17H21N3O3/c1-11-2-5-13(6-3-11)23-14-7-4-12(15(14)21)10-20-17(22)16-18-8-9-19-16/h2-3,5-6,8-9,12,14-15,21H,4,7,10H2,1H3,(H,18,19)(H,20,22)/t12-,14-,15-/m1/s1. The zero-order valence-electron chi connectivity index (χ0n) is 13.0. The first-order valence-corrected chi connectivity index (χ1v) is 7.82. The molecule has 1 heterocycles. The molecule has 0 spiro atoms. The summed E-state index contributed by atoms with van der Waals surface area (Å²) < 4.78 is 5.87. The first-order chi connectivity index (χ1) is 11.1. The summed E-state index contributed by atoms with van der Waals surface area (Å²) in [6, 6.07) is 7.79. The van der Waals surface area contributed by atoms with Crippen LogP contribution in [0.15, 0.2) is 36.7 Å². The number of carbonyl (C=O) groups excluding carboxylic acids is 1. The Labute approximate surface area is 134 Å². The lowest BCUT2D eigenvalue weighted by Gasteiger charge is -2.21. The zero-order valence-corrected chi connectivity index (χ0v) is 13.0. The Morgan fingerprint density at radius 2 is 2.17 bits per heavy atom. The number of benzene rings is 1.